The van der Waals surface area contributed by atoms with Crippen LogP contribution in [0.2, 0.25) is 0 Å². The third kappa shape index (κ3) is 2.13. The highest BCUT2D eigenvalue weighted by Gasteiger charge is 2.25. The molecule has 0 spiro atoms. The summed E-state index contributed by atoms with van der Waals surface area (Å²) in [6, 6.07) is 1.28. The van der Waals surface area contributed by atoms with Gasteiger partial charge in [0.2, 0.25) is 5.75 Å². The summed E-state index contributed by atoms with van der Waals surface area (Å²) in [5.41, 5.74) is -0.149. The normalized spacial score (nSPS) is 9.75. The van der Waals surface area contributed by atoms with Gasteiger partial charge in [-0.2, -0.15) is 0 Å². The second-order valence-corrected chi connectivity index (χ2v) is 3.81. The maximum absolute atomic E-state index is 10.8. The number of rotatable bonds is 4. The molecule has 0 aliphatic rings. The summed E-state index contributed by atoms with van der Waals surface area (Å²) < 4.78 is 15.6. The molecule has 0 amide bonds. The molecule has 88 valence electrons. The fourth-order valence-corrected chi connectivity index (χ4v) is 2.23. The van der Waals surface area contributed by atoms with Gasteiger partial charge in [0.25, 0.3) is 0 Å². The molecule has 1 rings (SSSR count). The van der Waals surface area contributed by atoms with Crippen LogP contribution in [0.4, 0.5) is 5.69 Å². The molecular weight excluding hydrogens is 329 g/mol. The third-order valence-electron chi connectivity index (χ3n) is 1.95. The average molecular weight is 339 g/mol. The van der Waals surface area contributed by atoms with Gasteiger partial charge in [-0.1, -0.05) is 0 Å². The molecule has 16 heavy (non-hydrogen) atoms. The van der Waals surface area contributed by atoms with Gasteiger partial charge in [-0.15, -0.1) is 0 Å². The van der Waals surface area contributed by atoms with Crippen LogP contribution in [0, 0.1) is 13.7 Å². The van der Waals surface area contributed by atoms with Gasteiger partial charge in [-0.3, -0.25) is 10.1 Å². The van der Waals surface area contributed by atoms with Crippen molar-refractivity contribution in [1.29, 1.82) is 0 Å². The number of ether oxygens (including phenoxy) is 3. The zero-order chi connectivity index (χ0) is 12.3. The first-order chi connectivity index (χ1) is 7.56. The summed E-state index contributed by atoms with van der Waals surface area (Å²) in [5, 5.41) is 10.8. The van der Waals surface area contributed by atoms with E-state index in [1.54, 1.807) is 0 Å². The van der Waals surface area contributed by atoms with E-state index in [2.05, 4.69) is 0 Å². The quantitative estimate of drug-likeness (QED) is 0.478. The lowest BCUT2D eigenvalue weighted by Gasteiger charge is -2.12. The predicted molar refractivity (Wildman–Crippen MR) is 65.5 cm³/mol. The van der Waals surface area contributed by atoms with E-state index >= 15 is 0 Å². The van der Waals surface area contributed by atoms with Crippen LogP contribution in [0.3, 0.4) is 0 Å². The number of hydrogen-bond acceptors (Lipinski definition) is 5. The van der Waals surface area contributed by atoms with Gasteiger partial charge >= 0.3 is 5.69 Å². The van der Waals surface area contributed by atoms with Crippen LogP contribution >= 0.6 is 22.6 Å². The highest BCUT2D eigenvalue weighted by molar-refractivity contribution is 14.1. The minimum Gasteiger partial charge on any atom is -0.493 e. The second kappa shape index (κ2) is 5.19. The van der Waals surface area contributed by atoms with Crippen molar-refractivity contribution < 1.29 is 19.1 Å². The van der Waals surface area contributed by atoms with Gasteiger partial charge in [-0.05, 0) is 22.6 Å². The molecule has 0 aliphatic carbocycles. The zero-order valence-corrected chi connectivity index (χ0v) is 11.1. The van der Waals surface area contributed by atoms with Crippen molar-refractivity contribution >= 4 is 28.3 Å². The minimum absolute atomic E-state index is 0.149. The van der Waals surface area contributed by atoms with Gasteiger partial charge in [0.15, 0.2) is 11.5 Å². The highest BCUT2D eigenvalue weighted by atomic mass is 127. The molecule has 0 fully saturated rings. The molecule has 0 N–H and O–H groups in total. The van der Waals surface area contributed by atoms with Crippen LogP contribution in [-0.2, 0) is 0 Å². The summed E-state index contributed by atoms with van der Waals surface area (Å²) >= 11 is 1.91. The van der Waals surface area contributed by atoms with Gasteiger partial charge in [0.05, 0.1) is 32.3 Å². The lowest BCUT2D eigenvalue weighted by atomic mass is 10.2. The van der Waals surface area contributed by atoms with E-state index in [9.17, 15) is 10.1 Å². The average Bonchev–Trinajstić information content (AvgIpc) is 2.27. The predicted octanol–water partition coefficient (Wildman–Crippen LogP) is 2.23. The zero-order valence-electron chi connectivity index (χ0n) is 8.94. The van der Waals surface area contributed by atoms with Gasteiger partial charge < -0.3 is 14.2 Å². The van der Waals surface area contributed by atoms with Crippen LogP contribution in [0.1, 0.15) is 0 Å². The Labute approximate surface area is 106 Å². The van der Waals surface area contributed by atoms with Gasteiger partial charge in [-0.25, -0.2) is 0 Å². The standard InChI is InChI=1S/C9H10INO5/c1-14-6-4-5(11(12)13)8(15-2)7(10)9(6)16-3/h4H,1-3H3. The van der Waals surface area contributed by atoms with E-state index < -0.39 is 4.92 Å². The Morgan fingerprint density at radius 3 is 2.12 bits per heavy atom. The summed E-state index contributed by atoms with van der Waals surface area (Å²) in [7, 11) is 4.26. The maximum Gasteiger partial charge on any atom is 0.316 e. The molecule has 1 aromatic rings. The third-order valence-corrected chi connectivity index (χ3v) is 2.93. The summed E-state index contributed by atoms with van der Waals surface area (Å²) in [5.74, 6) is 0.896. The summed E-state index contributed by atoms with van der Waals surface area (Å²) in [4.78, 5) is 10.3. The maximum atomic E-state index is 10.8. The molecule has 0 aromatic heterocycles. The monoisotopic (exact) mass is 339 g/mol. The number of methoxy groups -OCH3 is 3. The number of hydrogen-bond donors (Lipinski definition) is 0. The Morgan fingerprint density at radius 1 is 1.19 bits per heavy atom. The van der Waals surface area contributed by atoms with Gasteiger partial charge in [0.1, 0.15) is 3.57 Å². The second-order valence-electron chi connectivity index (χ2n) is 2.74. The number of nitrogens with zero attached hydrogens (tertiary/aromatic N) is 1. The minimum atomic E-state index is -0.525. The molecule has 0 heterocycles. The topological polar surface area (TPSA) is 70.8 Å². The molecule has 0 radical (unpaired) electrons. The Morgan fingerprint density at radius 2 is 1.75 bits per heavy atom. The Hall–Kier alpha value is -1.25. The van der Waals surface area contributed by atoms with E-state index in [0.29, 0.717) is 15.1 Å². The molecule has 0 saturated carbocycles. The van der Waals surface area contributed by atoms with Crippen LogP contribution in [0.15, 0.2) is 6.07 Å². The van der Waals surface area contributed by atoms with Crippen LogP contribution in [0.5, 0.6) is 17.2 Å². The molecular formula is C9H10INO5. The molecule has 6 nitrogen and oxygen atoms in total. The van der Waals surface area contributed by atoms with Crippen molar-refractivity contribution in [2.24, 2.45) is 0 Å². The van der Waals surface area contributed by atoms with Crippen molar-refractivity contribution in [1.82, 2.24) is 0 Å². The van der Waals surface area contributed by atoms with Crippen molar-refractivity contribution in [3.8, 4) is 17.2 Å². The van der Waals surface area contributed by atoms with Gasteiger partial charge in [0, 0.05) is 0 Å². The molecule has 0 bridgehead atoms. The van der Waals surface area contributed by atoms with E-state index in [1.165, 1.54) is 27.4 Å². The molecule has 0 saturated heterocycles. The molecule has 0 atom stereocenters. The number of nitro groups is 1. The number of halogens is 1. The molecule has 1 aromatic carbocycles. The largest absolute Gasteiger partial charge is 0.493 e. The first-order valence-corrected chi connectivity index (χ1v) is 5.27. The highest BCUT2D eigenvalue weighted by Crippen LogP contribution is 2.44. The van der Waals surface area contributed by atoms with E-state index in [4.69, 9.17) is 14.2 Å². The van der Waals surface area contributed by atoms with E-state index in [0.717, 1.165) is 0 Å². The lowest BCUT2D eigenvalue weighted by molar-refractivity contribution is -0.385. The molecule has 0 unspecified atom stereocenters. The van der Waals surface area contributed by atoms with Crippen LogP contribution in [0.25, 0.3) is 0 Å². The smallest absolute Gasteiger partial charge is 0.316 e. The fraction of sp³-hybridized carbons (Fsp3) is 0.333. The number of nitro benzene ring substituents is 1. The molecule has 7 heteroatoms. The SMILES string of the molecule is COc1cc([N+](=O)[O-])c(OC)c(I)c1OC. The first kappa shape index (κ1) is 12.8. The van der Waals surface area contributed by atoms with E-state index in [-0.39, 0.29) is 11.4 Å². The van der Waals surface area contributed by atoms with E-state index in [1.807, 2.05) is 22.6 Å². The summed E-state index contributed by atoms with van der Waals surface area (Å²) in [6.07, 6.45) is 0. The van der Waals surface area contributed by atoms with Crippen molar-refractivity contribution in [3.05, 3.63) is 19.8 Å². The van der Waals surface area contributed by atoms with Crippen molar-refractivity contribution in [2.75, 3.05) is 21.3 Å². The Bertz CT molecular complexity index is 421. The Kier molecular flexibility index (Phi) is 4.16. The first-order valence-electron chi connectivity index (χ1n) is 4.19. The van der Waals surface area contributed by atoms with Crippen molar-refractivity contribution in [2.45, 2.75) is 0 Å². The fourth-order valence-electron chi connectivity index (χ4n) is 1.25. The number of benzene rings is 1. The lowest BCUT2D eigenvalue weighted by Crippen LogP contribution is -2.00. The van der Waals surface area contributed by atoms with Crippen molar-refractivity contribution in [3.63, 3.8) is 0 Å². The summed E-state index contributed by atoms with van der Waals surface area (Å²) in [6.45, 7) is 0. The Balaban J connectivity index is 3.54. The van der Waals surface area contributed by atoms with Crippen LogP contribution in [-0.4, -0.2) is 26.3 Å². The van der Waals surface area contributed by atoms with Crippen LogP contribution < -0.4 is 14.2 Å². The molecule has 0 aliphatic heterocycles.